The van der Waals surface area contributed by atoms with E-state index < -0.39 is 0 Å². The number of rotatable bonds is 7. The Labute approximate surface area is 186 Å². The first-order chi connectivity index (χ1) is 15.6. The molecule has 160 valence electrons. The summed E-state index contributed by atoms with van der Waals surface area (Å²) in [5, 5.41) is 10.1. The van der Waals surface area contributed by atoms with Gasteiger partial charge < -0.3 is 10.6 Å². The number of carbonyl (C=O) groups is 2. The van der Waals surface area contributed by atoms with Crippen LogP contribution in [0.15, 0.2) is 91.3 Å². The highest BCUT2D eigenvalue weighted by Gasteiger charge is 2.11. The van der Waals surface area contributed by atoms with Crippen LogP contribution in [0.25, 0.3) is 0 Å². The zero-order valence-corrected chi connectivity index (χ0v) is 17.8. The predicted molar refractivity (Wildman–Crippen MR) is 125 cm³/mol. The minimum atomic E-state index is -0.208. The van der Waals surface area contributed by atoms with Crippen LogP contribution in [0.4, 0.5) is 5.69 Å². The van der Waals surface area contributed by atoms with E-state index in [4.69, 9.17) is 0 Å². The highest BCUT2D eigenvalue weighted by atomic mass is 16.2. The van der Waals surface area contributed by atoms with Gasteiger partial charge in [0.1, 0.15) is 0 Å². The summed E-state index contributed by atoms with van der Waals surface area (Å²) >= 11 is 0. The number of anilines is 1. The molecule has 0 unspecified atom stereocenters. The van der Waals surface area contributed by atoms with Gasteiger partial charge in [0.25, 0.3) is 11.8 Å². The van der Waals surface area contributed by atoms with Gasteiger partial charge in [-0.2, -0.15) is 5.10 Å². The average molecular weight is 425 g/mol. The maximum atomic E-state index is 12.7. The fourth-order valence-corrected chi connectivity index (χ4v) is 3.39. The van der Waals surface area contributed by atoms with E-state index in [9.17, 15) is 9.59 Å². The molecule has 0 fully saturated rings. The van der Waals surface area contributed by atoms with E-state index in [-0.39, 0.29) is 11.8 Å². The Bertz CT molecular complexity index is 1220. The molecule has 0 radical (unpaired) electrons. The fraction of sp³-hybridized carbons (Fsp3) is 0.115. The van der Waals surface area contributed by atoms with Crippen molar-refractivity contribution in [1.29, 1.82) is 0 Å². The largest absolute Gasteiger partial charge is 0.348 e. The normalized spacial score (nSPS) is 10.5. The van der Waals surface area contributed by atoms with Crippen LogP contribution in [0, 0.1) is 6.92 Å². The molecule has 4 rings (SSSR count). The number of carbonyl (C=O) groups excluding carboxylic acids is 2. The summed E-state index contributed by atoms with van der Waals surface area (Å²) in [6.45, 7) is 2.98. The number of amides is 2. The smallest absolute Gasteiger partial charge is 0.255 e. The molecular weight excluding hydrogens is 400 g/mol. The van der Waals surface area contributed by atoms with Crippen LogP contribution in [0.2, 0.25) is 0 Å². The van der Waals surface area contributed by atoms with Crippen LogP contribution in [0.3, 0.4) is 0 Å². The molecule has 0 atom stereocenters. The van der Waals surface area contributed by atoms with Crippen molar-refractivity contribution in [3.8, 4) is 0 Å². The first-order valence-electron chi connectivity index (χ1n) is 10.4. The van der Waals surface area contributed by atoms with Crippen molar-refractivity contribution in [1.82, 2.24) is 15.1 Å². The monoisotopic (exact) mass is 424 g/mol. The van der Waals surface area contributed by atoms with Crippen LogP contribution < -0.4 is 10.6 Å². The van der Waals surface area contributed by atoms with E-state index >= 15 is 0 Å². The number of nitrogens with one attached hydrogen (secondary N) is 2. The number of hydrogen-bond acceptors (Lipinski definition) is 3. The third kappa shape index (κ3) is 5.29. The van der Waals surface area contributed by atoms with Gasteiger partial charge in [-0.05, 0) is 53.9 Å². The van der Waals surface area contributed by atoms with Gasteiger partial charge in [0, 0.05) is 35.8 Å². The molecule has 0 aliphatic rings. The molecule has 0 saturated carbocycles. The van der Waals surface area contributed by atoms with Gasteiger partial charge in [0.2, 0.25) is 0 Å². The van der Waals surface area contributed by atoms with Crippen molar-refractivity contribution < 1.29 is 9.59 Å². The van der Waals surface area contributed by atoms with E-state index in [0.717, 1.165) is 16.7 Å². The molecule has 3 aromatic carbocycles. The number of aromatic nitrogens is 2. The number of aryl methyl sites for hydroxylation is 1. The molecule has 2 N–H and O–H groups in total. The van der Waals surface area contributed by atoms with Gasteiger partial charge in [-0.3, -0.25) is 14.3 Å². The van der Waals surface area contributed by atoms with Gasteiger partial charge in [-0.15, -0.1) is 0 Å². The molecule has 0 aliphatic heterocycles. The molecule has 1 heterocycles. The van der Waals surface area contributed by atoms with Crippen molar-refractivity contribution in [3.63, 3.8) is 0 Å². The van der Waals surface area contributed by atoms with Gasteiger partial charge in [-0.1, -0.05) is 48.5 Å². The zero-order valence-electron chi connectivity index (χ0n) is 17.8. The van der Waals surface area contributed by atoms with Gasteiger partial charge in [0.15, 0.2) is 0 Å². The molecule has 0 saturated heterocycles. The summed E-state index contributed by atoms with van der Waals surface area (Å²) in [4.78, 5) is 25.2. The lowest BCUT2D eigenvalue weighted by molar-refractivity contribution is 0.0949. The number of hydrogen-bond donors (Lipinski definition) is 2. The lowest BCUT2D eigenvalue weighted by Gasteiger charge is -2.12. The summed E-state index contributed by atoms with van der Waals surface area (Å²) < 4.78 is 1.86. The molecule has 6 heteroatoms. The van der Waals surface area contributed by atoms with Crippen molar-refractivity contribution >= 4 is 17.5 Å². The summed E-state index contributed by atoms with van der Waals surface area (Å²) in [6.07, 6.45) is 3.67. The third-order valence-corrected chi connectivity index (χ3v) is 5.13. The van der Waals surface area contributed by atoms with Crippen molar-refractivity contribution in [2.45, 2.75) is 20.0 Å². The standard InChI is InChI=1S/C26H24N4O2/c1-19-11-12-23(16-24(19)29-26(32)22-9-3-2-4-10-22)25(31)27-17-20-7-5-8-21(15-20)18-30-14-6-13-28-30/h2-16H,17-18H2,1H3,(H,27,31)(H,29,32). The molecule has 2 amide bonds. The average Bonchev–Trinajstić information content (AvgIpc) is 3.33. The Balaban J connectivity index is 1.40. The highest BCUT2D eigenvalue weighted by Crippen LogP contribution is 2.18. The van der Waals surface area contributed by atoms with E-state index in [1.54, 1.807) is 30.5 Å². The molecule has 6 nitrogen and oxygen atoms in total. The second kappa shape index (κ2) is 9.75. The van der Waals surface area contributed by atoms with Crippen LogP contribution in [-0.4, -0.2) is 21.6 Å². The minimum absolute atomic E-state index is 0.197. The summed E-state index contributed by atoms with van der Waals surface area (Å²) in [6, 6.07) is 24.2. The zero-order chi connectivity index (χ0) is 22.3. The molecule has 0 aliphatic carbocycles. The second-order valence-electron chi connectivity index (χ2n) is 7.56. The first kappa shape index (κ1) is 21.1. The molecular formula is C26H24N4O2. The van der Waals surface area contributed by atoms with E-state index in [0.29, 0.717) is 29.9 Å². The fourth-order valence-electron chi connectivity index (χ4n) is 3.39. The number of benzene rings is 3. The SMILES string of the molecule is Cc1ccc(C(=O)NCc2cccc(Cn3cccn3)c2)cc1NC(=O)c1ccccc1. The summed E-state index contributed by atoms with van der Waals surface area (Å²) in [5.41, 5.74) is 4.68. The van der Waals surface area contributed by atoms with Crippen LogP contribution in [0.5, 0.6) is 0 Å². The summed E-state index contributed by atoms with van der Waals surface area (Å²) in [5.74, 6) is -0.405. The second-order valence-corrected chi connectivity index (χ2v) is 7.56. The van der Waals surface area contributed by atoms with Gasteiger partial charge in [0.05, 0.1) is 6.54 Å². The minimum Gasteiger partial charge on any atom is -0.348 e. The molecule has 1 aromatic heterocycles. The molecule has 0 spiro atoms. The van der Waals surface area contributed by atoms with Gasteiger partial charge >= 0.3 is 0 Å². The summed E-state index contributed by atoms with van der Waals surface area (Å²) in [7, 11) is 0. The predicted octanol–water partition coefficient (Wildman–Crippen LogP) is 4.42. The van der Waals surface area contributed by atoms with Crippen molar-refractivity contribution in [2.24, 2.45) is 0 Å². The van der Waals surface area contributed by atoms with Crippen molar-refractivity contribution in [2.75, 3.05) is 5.32 Å². The Morgan fingerprint density at radius 1 is 0.844 bits per heavy atom. The molecule has 4 aromatic rings. The third-order valence-electron chi connectivity index (χ3n) is 5.13. The van der Waals surface area contributed by atoms with E-state index in [2.05, 4.69) is 21.8 Å². The van der Waals surface area contributed by atoms with Crippen LogP contribution in [0.1, 0.15) is 37.4 Å². The highest BCUT2D eigenvalue weighted by molar-refractivity contribution is 6.05. The van der Waals surface area contributed by atoms with Gasteiger partial charge in [-0.25, -0.2) is 0 Å². The van der Waals surface area contributed by atoms with Crippen molar-refractivity contribution in [3.05, 3.63) is 119 Å². The van der Waals surface area contributed by atoms with E-state index in [1.807, 2.05) is 66.3 Å². The Morgan fingerprint density at radius 2 is 1.66 bits per heavy atom. The Hall–Kier alpha value is -4.19. The topological polar surface area (TPSA) is 76.0 Å². The quantitative estimate of drug-likeness (QED) is 0.461. The maximum absolute atomic E-state index is 12.7. The lowest BCUT2D eigenvalue weighted by atomic mass is 10.1. The first-order valence-corrected chi connectivity index (χ1v) is 10.4. The Morgan fingerprint density at radius 3 is 2.44 bits per heavy atom. The maximum Gasteiger partial charge on any atom is 0.255 e. The van der Waals surface area contributed by atoms with E-state index in [1.165, 1.54) is 0 Å². The van der Waals surface area contributed by atoms with Crippen LogP contribution >= 0.6 is 0 Å². The molecule has 0 bridgehead atoms. The van der Waals surface area contributed by atoms with Crippen LogP contribution in [-0.2, 0) is 13.1 Å². The lowest BCUT2D eigenvalue weighted by Crippen LogP contribution is -2.23. The number of nitrogens with zero attached hydrogens (tertiary/aromatic N) is 2. The Kier molecular flexibility index (Phi) is 6.41. The molecule has 32 heavy (non-hydrogen) atoms.